The van der Waals surface area contributed by atoms with E-state index in [4.69, 9.17) is 5.73 Å². The van der Waals surface area contributed by atoms with Crippen molar-refractivity contribution < 1.29 is 13.2 Å². The molecular weight excluding hydrogens is 229 g/mol. The Morgan fingerprint density at radius 3 is 2.76 bits per heavy atom. The Balaban J connectivity index is 2.44. The molecule has 0 spiro atoms. The molecule has 1 aromatic carbocycles. The van der Waals surface area contributed by atoms with Crippen LogP contribution < -0.4 is 11.1 Å². The molecule has 0 saturated heterocycles. The fourth-order valence-electron chi connectivity index (χ4n) is 2.37. The molecule has 3 N–H and O–H groups in total. The normalized spacial score (nSPS) is 19.6. The molecule has 1 unspecified atom stereocenters. The maximum absolute atomic E-state index is 12.8. The first-order chi connectivity index (χ1) is 8.04. The van der Waals surface area contributed by atoms with Gasteiger partial charge in [0.1, 0.15) is 0 Å². The van der Waals surface area contributed by atoms with Crippen LogP contribution in [0.4, 0.5) is 18.9 Å². The molecule has 2 nitrogen and oxygen atoms in total. The SMILES string of the molecule is NCCC1CCNc2c1cccc2C(F)(F)F. The molecule has 94 valence electrons. The van der Waals surface area contributed by atoms with Gasteiger partial charge in [-0.05, 0) is 36.9 Å². The van der Waals surface area contributed by atoms with Gasteiger partial charge in [0.25, 0.3) is 0 Å². The van der Waals surface area contributed by atoms with E-state index in [0.29, 0.717) is 13.1 Å². The summed E-state index contributed by atoms with van der Waals surface area (Å²) in [6.45, 7) is 1.07. The maximum Gasteiger partial charge on any atom is 0.418 e. The summed E-state index contributed by atoms with van der Waals surface area (Å²) in [6.07, 6.45) is -2.73. The summed E-state index contributed by atoms with van der Waals surface area (Å²) < 4.78 is 38.5. The zero-order chi connectivity index (χ0) is 12.5. The van der Waals surface area contributed by atoms with Gasteiger partial charge in [-0.2, -0.15) is 13.2 Å². The molecule has 0 aromatic heterocycles. The highest BCUT2D eigenvalue weighted by Gasteiger charge is 2.36. The Bertz CT molecular complexity index is 401. The minimum absolute atomic E-state index is 0.138. The standard InChI is InChI=1S/C12H15F3N2/c13-12(14,15)10-3-1-2-9-8(4-6-16)5-7-17-11(9)10/h1-3,8,17H,4-7,16H2. The van der Waals surface area contributed by atoms with Crippen LogP contribution in [-0.2, 0) is 6.18 Å². The smallest absolute Gasteiger partial charge is 0.384 e. The first-order valence-electron chi connectivity index (χ1n) is 5.68. The van der Waals surface area contributed by atoms with E-state index in [9.17, 15) is 13.2 Å². The number of hydrogen-bond donors (Lipinski definition) is 2. The van der Waals surface area contributed by atoms with E-state index in [0.717, 1.165) is 24.5 Å². The van der Waals surface area contributed by atoms with E-state index in [1.165, 1.54) is 6.07 Å². The third kappa shape index (κ3) is 2.39. The third-order valence-electron chi connectivity index (χ3n) is 3.15. The summed E-state index contributed by atoms with van der Waals surface area (Å²) >= 11 is 0. The van der Waals surface area contributed by atoms with Gasteiger partial charge in [0.05, 0.1) is 5.56 Å². The van der Waals surface area contributed by atoms with Crippen LogP contribution in [0.5, 0.6) is 0 Å². The van der Waals surface area contributed by atoms with E-state index in [2.05, 4.69) is 5.32 Å². The second-order valence-electron chi connectivity index (χ2n) is 4.26. The number of hydrogen-bond acceptors (Lipinski definition) is 2. The molecule has 0 bridgehead atoms. The average molecular weight is 244 g/mol. The summed E-state index contributed by atoms with van der Waals surface area (Å²) in [5.74, 6) is 0.138. The Morgan fingerprint density at radius 2 is 2.12 bits per heavy atom. The largest absolute Gasteiger partial charge is 0.418 e. The summed E-state index contributed by atoms with van der Waals surface area (Å²) in [5.41, 5.74) is 5.91. The summed E-state index contributed by atoms with van der Waals surface area (Å²) in [5, 5.41) is 2.87. The fourth-order valence-corrected chi connectivity index (χ4v) is 2.37. The topological polar surface area (TPSA) is 38.0 Å². The molecule has 1 heterocycles. The molecule has 1 aliphatic rings. The lowest BCUT2D eigenvalue weighted by Crippen LogP contribution is -2.22. The van der Waals surface area contributed by atoms with Crippen LogP contribution in [0, 0.1) is 0 Å². The monoisotopic (exact) mass is 244 g/mol. The summed E-state index contributed by atoms with van der Waals surface area (Å²) in [7, 11) is 0. The number of alkyl halides is 3. The minimum Gasteiger partial charge on any atom is -0.384 e. The Kier molecular flexibility index (Phi) is 3.28. The number of halogens is 3. The summed E-state index contributed by atoms with van der Waals surface area (Å²) in [6, 6.07) is 4.35. The zero-order valence-electron chi connectivity index (χ0n) is 9.35. The van der Waals surface area contributed by atoms with Gasteiger partial charge in [-0.25, -0.2) is 0 Å². The lowest BCUT2D eigenvalue weighted by Gasteiger charge is -2.28. The van der Waals surface area contributed by atoms with Crippen LogP contribution in [0.1, 0.15) is 29.9 Å². The number of nitrogens with one attached hydrogen (secondary N) is 1. The molecule has 0 radical (unpaired) electrons. The Hall–Kier alpha value is -1.23. The van der Waals surface area contributed by atoms with E-state index in [-0.39, 0.29) is 11.6 Å². The number of benzene rings is 1. The molecule has 0 amide bonds. The van der Waals surface area contributed by atoms with Gasteiger partial charge in [-0.15, -0.1) is 0 Å². The van der Waals surface area contributed by atoms with Gasteiger partial charge >= 0.3 is 6.18 Å². The number of anilines is 1. The van der Waals surface area contributed by atoms with Crippen molar-refractivity contribution >= 4 is 5.69 Å². The third-order valence-corrected chi connectivity index (χ3v) is 3.15. The highest BCUT2D eigenvalue weighted by molar-refractivity contribution is 5.61. The van der Waals surface area contributed by atoms with Crippen molar-refractivity contribution in [1.82, 2.24) is 0 Å². The van der Waals surface area contributed by atoms with Crippen molar-refractivity contribution in [3.8, 4) is 0 Å². The number of nitrogens with two attached hydrogens (primary N) is 1. The molecule has 0 aliphatic carbocycles. The predicted octanol–water partition coefficient (Wildman–Crippen LogP) is 2.95. The van der Waals surface area contributed by atoms with Crippen LogP contribution in [0.3, 0.4) is 0 Å². The molecule has 1 aliphatic heterocycles. The molecule has 17 heavy (non-hydrogen) atoms. The highest BCUT2D eigenvalue weighted by Crippen LogP contribution is 2.42. The van der Waals surface area contributed by atoms with Crippen molar-refractivity contribution in [3.05, 3.63) is 29.3 Å². The lowest BCUT2D eigenvalue weighted by atomic mass is 9.86. The first-order valence-corrected chi connectivity index (χ1v) is 5.68. The van der Waals surface area contributed by atoms with E-state index in [1.54, 1.807) is 6.07 Å². The molecular formula is C12H15F3N2. The van der Waals surface area contributed by atoms with Crippen molar-refractivity contribution in [2.45, 2.75) is 24.9 Å². The van der Waals surface area contributed by atoms with E-state index < -0.39 is 11.7 Å². The number of rotatable bonds is 2. The molecule has 2 rings (SSSR count). The molecule has 1 aromatic rings. The van der Waals surface area contributed by atoms with Crippen LogP contribution in [0.15, 0.2) is 18.2 Å². The highest BCUT2D eigenvalue weighted by atomic mass is 19.4. The van der Waals surface area contributed by atoms with Crippen molar-refractivity contribution in [2.75, 3.05) is 18.4 Å². The van der Waals surface area contributed by atoms with Gasteiger partial charge < -0.3 is 11.1 Å². The predicted molar refractivity (Wildman–Crippen MR) is 61.0 cm³/mol. The fraction of sp³-hybridized carbons (Fsp3) is 0.500. The van der Waals surface area contributed by atoms with E-state index in [1.807, 2.05) is 0 Å². The van der Waals surface area contributed by atoms with Gasteiger partial charge in [-0.3, -0.25) is 0 Å². The van der Waals surface area contributed by atoms with Gasteiger partial charge in [-0.1, -0.05) is 12.1 Å². The Morgan fingerprint density at radius 1 is 1.35 bits per heavy atom. The maximum atomic E-state index is 12.8. The molecule has 0 saturated carbocycles. The van der Waals surface area contributed by atoms with Gasteiger partial charge in [0.2, 0.25) is 0 Å². The van der Waals surface area contributed by atoms with Crippen molar-refractivity contribution in [1.29, 1.82) is 0 Å². The van der Waals surface area contributed by atoms with Crippen molar-refractivity contribution in [2.24, 2.45) is 5.73 Å². The van der Waals surface area contributed by atoms with Crippen molar-refractivity contribution in [3.63, 3.8) is 0 Å². The lowest BCUT2D eigenvalue weighted by molar-refractivity contribution is -0.137. The molecule has 1 atom stereocenters. The second kappa shape index (κ2) is 4.56. The van der Waals surface area contributed by atoms with Crippen LogP contribution in [-0.4, -0.2) is 13.1 Å². The van der Waals surface area contributed by atoms with E-state index >= 15 is 0 Å². The number of fused-ring (bicyclic) bond motifs is 1. The molecule has 5 heteroatoms. The average Bonchev–Trinajstić information content (AvgIpc) is 2.28. The van der Waals surface area contributed by atoms with Crippen LogP contribution in [0.25, 0.3) is 0 Å². The zero-order valence-corrected chi connectivity index (χ0v) is 9.35. The van der Waals surface area contributed by atoms with Crippen LogP contribution >= 0.6 is 0 Å². The van der Waals surface area contributed by atoms with Gasteiger partial charge in [0, 0.05) is 12.2 Å². The quantitative estimate of drug-likeness (QED) is 0.839. The Labute approximate surface area is 98.0 Å². The number of para-hydroxylation sites is 1. The summed E-state index contributed by atoms with van der Waals surface area (Å²) in [4.78, 5) is 0. The molecule has 0 fully saturated rings. The first kappa shape index (κ1) is 12.2. The minimum atomic E-state index is -4.30. The van der Waals surface area contributed by atoms with Crippen LogP contribution in [0.2, 0.25) is 0 Å². The van der Waals surface area contributed by atoms with Gasteiger partial charge in [0.15, 0.2) is 0 Å². The second-order valence-corrected chi connectivity index (χ2v) is 4.26.